The van der Waals surface area contributed by atoms with E-state index in [1.54, 1.807) is 0 Å². The van der Waals surface area contributed by atoms with E-state index in [4.69, 9.17) is 24.3 Å². The zero-order valence-electron chi connectivity index (χ0n) is 67.6. The molecule has 0 saturated heterocycles. The average Bonchev–Trinajstić information content (AvgIpc) is 0.948. The van der Waals surface area contributed by atoms with Crippen molar-refractivity contribution < 1.29 is 37.6 Å². The minimum atomic E-state index is -4.40. The van der Waals surface area contributed by atoms with E-state index in [2.05, 4.69) is 98.9 Å². The molecule has 0 aromatic rings. The van der Waals surface area contributed by atoms with Crippen LogP contribution in [0.1, 0.15) is 457 Å². The number of hydrogen-bond donors (Lipinski definition) is 2. The molecule has 596 valence electrons. The molecule has 2 atom stereocenters. The Bertz CT molecular complexity index is 1960. The maximum Gasteiger partial charge on any atom is 0.472 e. The highest BCUT2D eigenvalue weighted by atomic mass is 31.2. The summed E-state index contributed by atoms with van der Waals surface area (Å²) in [6.45, 7) is 3.71. The maximum absolute atomic E-state index is 12.8. The fraction of sp³-hybridized carbons (Fsp3) is 0.826. The Morgan fingerprint density at radius 3 is 0.804 bits per heavy atom. The van der Waals surface area contributed by atoms with Crippen LogP contribution in [-0.2, 0) is 32.7 Å². The summed E-state index contributed by atoms with van der Waals surface area (Å²) >= 11 is 0. The van der Waals surface area contributed by atoms with Crippen LogP contribution in [0.2, 0.25) is 0 Å². The minimum absolute atomic E-state index is 0.0545. The van der Waals surface area contributed by atoms with Gasteiger partial charge in [0.2, 0.25) is 0 Å². The predicted octanol–water partition coefficient (Wildman–Crippen LogP) is 30.4. The van der Waals surface area contributed by atoms with Crippen molar-refractivity contribution in [3.8, 4) is 0 Å². The van der Waals surface area contributed by atoms with Gasteiger partial charge < -0.3 is 20.1 Å². The Labute approximate surface area is 634 Å². The van der Waals surface area contributed by atoms with Crippen LogP contribution in [0.5, 0.6) is 0 Å². The van der Waals surface area contributed by atoms with E-state index in [0.717, 1.165) is 77.0 Å². The van der Waals surface area contributed by atoms with Gasteiger partial charge in [0.25, 0.3) is 0 Å². The van der Waals surface area contributed by atoms with Gasteiger partial charge in [-0.05, 0) is 70.6 Å². The topological polar surface area (TPSA) is 134 Å². The van der Waals surface area contributed by atoms with Crippen molar-refractivity contribution in [3.05, 3.63) is 85.1 Å². The van der Waals surface area contributed by atoms with E-state index >= 15 is 0 Å². The number of rotatable bonds is 85. The zero-order valence-corrected chi connectivity index (χ0v) is 68.5. The van der Waals surface area contributed by atoms with Gasteiger partial charge in [-0.3, -0.25) is 18.6 Å². The Kier molecular flexibility index (Phi) is 84.7. The van der Waals surface area contributed by atoms with Gasteiger partial charge in [0, 0.05) is 19.4 Å². The molecular weight excluding hydrogens is 1280 g/mol. The highest BCUT2D eigenvalue weighted by Gasteiger charge is 2.26. The van der Waals surface area contributed by atoms with Crippen LogP contribution in [-0.4, -0.2) is 49.3 Å². The number of esters is 2. The van der Waals surface area contributed by atoms with Gasteiger partial charge in [0.15, 0.2) is 6.10 Å². The smallest absolute Gasteiger partial charge is 0.462 e. The number of ether oxygens (including phenoxy) is 2. The van der Waals surface area contributed by atoms with Gasteiger partial charge in [0.1, 0.15) is 6.61 Å². The Morgan fingerprint density at radius 2 is 0.539 bits per heavy atom. The SMILES string of the molecule is CC/C=C\C/C=C\C/C=C\C/C=C\C/C=C\C/C=C\C/C=C\CCCCCCCCCCCCCCCCCCCCCC(=O)OC(COC(=O)CCCCCCCCCCCCCCCCCCCCCCCCCCCCCCCCCCCCCCCCCC)COP(=O)(O)OCCN. The fourth-order valence-electron chi connectivity index (χ4n) is 13.5. The predicted molar refractivity (Wildman–Crippen MR) is 446 cm³/mol. The fourth-order valence-corrected chi connectivity index (χ4v) is 14.3. The molecular formula is C92H170NO8P. The van der Waals surface area contributed by atoms with Crippen molar-refractivity contribution in [1.82, 2.24) is 0 Å². The van der Waals surface area contributed by atoms with Gasteiger partial charge in [0.05, 0.1) is 13.2 Å². The Morgan fingerprint density at radius 1 is 0.304 bits per heavy atom. The number of hydrogen-bond acceptors (Lipinski definition) is 8. The van der Waals surface area contributed by atoms with Gasteiger partial charge >= 0.3 is 19.8 Å². The monoisotopic (exact) mass is 1450 g/mol. The van der Waals surface area contributed by atoms with Crippen molar-refractivity contribution in [3.63, 3.8) is 0 Å². The normalized spacial score (nSPS) is 13.2. The minimum Gasteiger partial charge on any atom is -0.462 e. The van der Waals surface area contributed by atoms with Crippen LogP contribution in [0, 0.1) is 0 Å². The van der Waals surface area contributed by atoms with Crippen molar-refractivity contribution in [1.29, 1.82) is 0 Å². The first-order chi connectivity index (χ1) is 50.3. The molecule has 3 N–H and O–H groups in total. The quantitative estimate of drug-likeness (QED) is 0.0264. The van der Waals surface area contributed by atoms with E-state index in [0.29, 0.717) is 6.42 Å². The third-order valence-corrected chi connectivity index (χ3v) is 21.0. The highest BCUT2D eigenvalue weighted by Crippen LogP contribution is 2.43. The number of phosphoric ester groups is 1. The standard InChI is InChI=1S/C92H170NO8P/c1-3-5-7-9-11-13-15-17-19-21-23-25-27-29-31-33-35-37-39-41-43-45-47-49-51-53-55-57-59-61-63-65-67-69-71-73-75-77-79-81-83-85-92(95)101-90(89-100-102(96,97)99-87-86-93)88-98-91(94)84-82-80-78-76-74-72-70-68-66-64-62-60-58-56-54-52-50-48-46-44-42-40-38-36-34-32-30-28-26-24-22-20-18-16-14-12-10-8-6-4-2/h5,7,11,13,17,19,23,25,29,31,35,37,41,43,90H,3-4,6,8-10,12,14-16,18,20-22,24,26-28,30,32-34,36,38-40,42,44-89,93H2,1-2H3,(H,96,97)/b7-5-,13-11-,19-17-,25-23-,31-29-,37-35-,43-41-. The third kappa shape index (κ3) is 86.1. The molecule has 0 aliphatic rings. The molecule has 0 aliphatic heterocycles. The third-order valence-electron chi connectivity index (χ3n) is 20.0. The van der Waals surface area contributed by atoms with Crippen LogP contribution in [0.25, 0.3) is 0 Å². The molecule has 9 nitrogen and oxygen atoms in total. The summed E-state index contributed by atoms with van der Waals surface area (Å²) in [5.41, 5.74) is 5.43. The molecule has 0 aromatic heterocycles. The number of unbranched alkanes of at least 4 members (excludes halogenated alkanes) is 58. The lowest BCUT2D eigenvalue weighted by atomic mass is 10.0. The van der Waals surface area contributed by atoms with E-state index in [1.165, 1.54) is 347 Å². The molecule has 0 aliphatic carbocycles. The molecule has 102 heavy (non-hydrogen) atoms. The van der Waals surface area contributed by atoms with Crippen LogP contribution in [0.3, 0.4) is 0 Å². The maximum atomic E-state index is 12.8. The highest BCUT2D eigenvalue weighted by molar-refractivity contribution is 7.47. The molecule has 10 heteroatoms. The van der Waals surface area contributed by atoms with Crippen LogP contribution < -0.4 is 5.73 Å². The Hall–Kier alpha value is -2.81. The summed E-state index contributed by atoms with van der Waals surface area (Å²) in [6, 6.07) is 0. The first-order valence-electron chi connectivity index (χ1n) is 44.6. The number of nitrogens with two attached hydrogens (primary N) is 1. The number of carbonyl (C=O) groups excluding carboxylic acids is 2. The lowest BCUT2D eigenvalue weighted by Gasteiger charge is -2.19. The number of allylic oxidation sites excluding steroid dienone is 14. The lowest BCUT2D eigenvalue weighted by Crippen LogP contribution is -2.29. The van der Waals surface area contributed by atoms with Crippen molar-refractivity contribution in [2.75, 3.05) is 26.4 Å². The van der Waals surface area contributed by atoms with Gasteiger partial charge in [-0.2, -0.15) is 0 Å². The summed E-state index contributed by atoms with van der Waals surface area (Å²) in [7, 11) is -4.40. The summed E-state index contributed by atoms with van der Waals surface area (Å²) in [5.74, 6) is -0.804. The summed E-state index contributed by atoms with van der Waals surface area (Å²) < 4.78 is 33.3. The van der Waals surface area contributed by atoms with E-state index in [9.17, 15) is 19.0 Å². The zero-order chi connectivity index (χ0) is 73.6. The van der Waals surface area contributed by atoms with Gasteiger partial charge in [-0.1, -0.05) is 458 Å². The average molecular weight is 1450 g/mol. The van der Waals surface area contributed by atoms with E-state index < -0.39 is 26.5 Å². The first kappa shape index (κ1) is 99.2. The molecule has 0 radical (unpaired) electrons. The number of phosphoric acid groups is 1. The molecule has 0 amide bonds. The van der Waals surface area contributed by atoms with Crippen molar-refractivity contribution in [2.45, 2.75) is 463 Å². The van der Waals surface area contributed by atoms with Crippen molar-refractivity contribution >= 4 is 19.8 Å². The molecule has 0 rings (SSSR count). The summed E-state index contributed by atoms with van der Waals surface area (Å²) in [4.78, 5) is 35.5. The molecule has 0 bridgehead atoms. The molecule has 0 saturated carbocycles. The van der Waals surface area contributed by atoms with E-state index in [1.807, 2.05) is 0 Å². The second kappa shape index (κ2) is 87.1. The summed E-state index contributed by atoms with van der Waals surface area (Å²) in [5, 5.41) is 0. The van der Waals surface area contributed by atoms with Gasteiger partial charge in [-0.25, -0.2) is 4.57 Å². The van der Waals surface area contributed by atoms with E-state index in [-0.39, 0.29) is 38.6 Å². The summed E-state index contributed by atoms with van der Waals surface area (Å²) in [6.07, 6.45) is 119. The lowest BCUT2D eigenvalue weighted by molar-refractivity contribution is -0.161. The van der Waals surface area contributed by atoms with Crippen LogP contribution >= 0.6 is 7.82 Å². The second-order valence-electron chi connectivity index (χ2n) is 30.1. The van der Waals surface area contributed by atoms with Crippen LogP contribution in [0.4, 0.5) is 0 Å². The largest absolute Gasteiger partial charge is 0.472 e. The number of carbonyl (C=O) groups is 2. The van der Waals surface area contributed by atoms with Gasteiger partial charge in [-0.15, -0.1) is 0 Å². The second-order valence-corrected chi connectivity index (χ2v) is 31.6. The van der Waals surface area contributed by atoms with Crippen molar-refractivity contribution in [2.24, 2.45) is 5.73 Å². The molecule has 0 aromatic carbocycles. The Balaban J connectivity index is 3.73. The molecule has 0 fully saturated rings. The van der Waals surface area contributed by atoms with Crippen LogP contribution in [0.15, 0.2) is 85.1 Å². The molecule has 2 unspecified atom stereocenters. The molecule has 0 spiro atoms. The first-order valence-corrected chi connectivity index (χ1v) is 46.1. The molecule has 0 heterocycles.